The summed E-state index contributed by atoms with van der Waals surface area (Å²) in [5, 5.41) is 11.4. The third kappa shape index (κ3) is 5.63. The second-order valence-corrected chi connectivity index (χ2v) is 5.82. The average molecular weight is 296 g/mol. The minimum absolute atomic E-state index is 0.159. The number of aliphatic carboxylic acids is 1. The number of hydrogen-bond donors (Lipinski definition) is 3. The van der Waals surface area contributed by atoms with Crippen molar-refractivity contribution in [1.82, 2.24) is 0 Å². The molecule has 110 valence electrons. The van der Waals surface area contributed by atoms with Gasteiger partial charge in [0.2, 0.25) is 5.91 Å². The molecule has 0 aliphatic carbocycles. The molecule has 0 aliphatic heterocycles. The maximum absolute atomic E-state index is 11.7. The van der Waals surface area contributed by atoms with Crippen LogP contribution in [0.5, 0.6) is 0 Å². The van der Waals surface area contributed by atoms with Gasteiger partial charge in [-0.2, -0.15) is 0 Å². The fourth-order valence-electron chi connectivity index (χ4n) is 1.52. The van der Waals surface area contributed by atoms with Gasteiger partial charge in [-0.25, -0.2) is 0 Å². The Hall–Kier alpha value is -1.53. The van der Waals surface area contributed by atoms with E-state index >= 15 is 0 Å². The summed E-state index contributed by atoms with van der Waals surface area (Å²) in [6, 6.07) is 6.75. The van der Waals surface area contributed by atoms with Gasteiger partial charge >= 0.3 is 5.97 Å². The number of carboxylic acids is 1. The number of carbonyl (C=O) groups excluding carboxylic acids is 1. The molecule has 0 saturated carbocycles. The molecule has 1 aromatic rings. The number of anilines is 1. The van der Waals surface area contributed by atoms with Crippen molar-refractivity contribution in [3.63, 3.8) is 0 Å². The van der Waals surface area contributed by atoms with Gasteiger partial charge in [0.1, 0.15) is 6.04 Å². The van der Waals surface area contributed by atoms with Crippen molar-refractivity contribution < 1.29 is 14.7 Å². The van der Waals surface area contributed by atoms with Crippen molar-refractivity contribution >= 4 is 29.3 Å². The van der Waals surface area contributed by atoms with Crippen molar-refractivity contribution in [3.05, 3.63) is 29.8 Å². The van der Waals surface area contributed by atoms with Crippen LogP contribution in [0.1, 0.15) is 25.3 Å². The lowest BCUT2D eigenvalue weighted by Gasteiger charge is -2.10. The molecule has 4 N–H and O–H groups in total. The van der Waals surface area contributed by atoms with Crippen LogP contribution >= 0.6 is 11.8 Å². The Morgan fingerprint density at radius 2 is 2.10 bits per heavy atom. The highest BCUT2D eigenvalue weighted by Crippen LogP contribution is 2.18. The smallest absolute Gasteiger partial charge is 0.321 e. The average Bonchev–Trinajstić information content (AvgIpc) is 2.38. The summed E-state index contributed by atoms with van der Waals surface area (Å²) in [6.45, 7) is 4.17. The lowest BCUT2D eigenvalue weighted by atomic mass is 10.0. The van der Waals surface area contributed by atoms with Crippen LogP contribution in [0.2, 0.25) is 0 Å². The second kappa shape index (κ2) is 7.91. The van der Waals surface area contributed by atoms with Gasteiger partial charge in [-0.1, -0.05) is 26.0 Å². The first-order valence-corrected chi connectivity index (χ1v) is 7.51. The van der Waals surface area contributed by atoms with Gasteiger partial charge in [0, 0.05) is 11.4 Å². The molecule has 1 rings (SSSR count). The number of hydrogen-bond acceptors (Lipinski definition) is 4. The van der Waals surface area contributed by atoms with E-state index < -0.39 is 12.0 Å². The molecule has 5 nitrogen and oxygen atoms in total. The second-order valence-electron chi connectivity index (χ2n) is 4.79. The number of thioether (sulfide) groups is 1. The summed E-state index contributed by atoms with van der Waals surface area (Å²) in [6.07, 6.45) is 0. The van der Waals surface area contributed by atoms with Crippen molar-refractivity contribution in [2.45, 2.75) is 25.8 Å². The zero-order chi connectivity index (χ0) is 15.1. The molecule has 0 spiro atoms. The van der Waals surface area contributed by atoms with Gasteiger partial charge in [0.25, 0.3) is 0 Å². The molecule has 0 fully saturated rings. The molecule has 0 bridgehead atoms. The van der Waals surface area contributed by atoms with Gasteiger partial charge in [0.05, 0.1) is 5.75 Å². The van der Waals surface area contributed by atoms with Gasteiger partial charge in [-0.05, 0) is 23.6 Å². The van der Waals surface area contributed by atoms with Crippen molar-refractivity contribution in [2.75, 3.05) is 16.8 Å². The fourth-order valence-corrected chi connectivity index (χ4v) is 2.29. The first kappa shape index (κ1) is 16.5. The maximum Gasteiger partial charge on any atom is 0.321 e. The number of carbonyl (C=O) groups is 2. The Labute approximate surface area is 122 Å². The Kier molecular flexibility index (Phi) is 6.54. The Bertz CT molecular complexity index is 477. The summed E-state index contributed by atoms with van der Waals surface area (Å²) >= 11 is 1.21. The first-order chi connectivity index (χ1) is 9.40. The summed E-state index contributed by atoms with van der Waals surface area (Å²) in [7, 11) is 0. The largest absolute Gasteiger partial charge is 0.480 e. The standard InChI is InChI=1S/C14H20N2O3S/c1-9(2)10-4-3-5-11(6-10)16-13(17)8-20-7-12(15)14(18)19/h3-6,9,12H,7-8,15H2,1-2H3,(H,16,17)(H,18,19)/t12-/m1/s1. The molecule has 0 aromatic heterocycles. The number of carboxylic acid groups (broad SMARTS) is 1. The first-order valence-electron chi connectivity index (χ1n) is 6.36. The Balaban J connectivity index is 2.42. The van der Waals surface area contributed by atoms with Crippen LogP contribution in [0, 0.1) is 0 Å². The molecule has 0 aliphatic rings. The van der Waals surface area contributed by atoms with Gasteiger partial charge in [0.15, 0.2) is 0 Å². The summed E-state index contributed by atoms with van der Waals surface area (Å²) < 4.78 is 0. The van der Waals surface area contributed by atoms with Crippen LogP contribution in [0.3, 0.4) is 0 Å². The van der Waals surface area contributed by atoms with Crippen LogP contribution < -0.4 is 11.1 Å². The Morgan fingerprint density at radius 1 is 1.40 bits per heavy atom. The Morgan fingerprint density at radius 3 is 2.70 bits per heavy atom. The number of amides is 1. The zero-order valence-corrected chi connectivity index (χ0v) is 12.4. The lowest BCUT2D eigenvalue weighted by Crippen LogP contribution is -2.33. The normalized spacial score (nSPS) is 12.2. The predicted octanol–water partition coefficient (Wildman–Crippen LogP) is 1.89. The molecule has 0 saturated heterocycles. The third-order valence-corrected chi connectivity index (χ3v) is 3.75. The van der Waals surface area contributed by atoms with Gasteiger partial charge in [-0.3, -0.25) is 9.59 Å². The van der Waals surface area contributed by atoms with E-state index in [2.05, 4.69) is 19.2 Å². The van der Waals surface area contributed by atoms with Crippen molar-refractivity contribution in [3.8, 4) is 0 Å². The summed E-state index contributed by atoms with van der Waals surface area (Å²) in [4.78, 5) is 22.3. The quantitative estimate of drug-likeness (QED) is 0.714. The number of benzene rings is 1. The monoisotopic (exact) mass is 296 g/mol. The highest BCUT2D eigenvalue weighted by Gasteiger charge is 2.12. The molecule has 0 radical (unpaired) electrons. The number of nitrogens with one attached hydrogen (secondary N) is 1. The zero-order valence-electron chi connectivity index (χ0n) is 11.6. The van der Waals surface area contributed by atoms with Crippen LogP contribution in [0.4, 0.5) is 5.69 Å². The minimum atomic E-state index is -1.05. The molecule has 1 atom stereocenters. The molecule has 0 unspecified atom stereocenters. The van der Waals surface area contributed by atoms with Crippen molar-refractivity contribution in [2.24, 2.45) is 5.73 Å². The third-order valence-electron chi connectivity index (χ3n) is 2.68. The number of rotatable bonds is 7. The molecule has 0 heterocycles. The van der Waals surface area contributed by atoms with E-state index in [0.717, 1.165) is 11.3 Å². The van der Waals surface area contributed by atoms with Gasteiger partial charge < -0.3 is 16.2 Å². The van der Waals surface area contributed by atoms with E-state index in [0.29, 0.717) is 5.92 Å². The van der Waals surface area contributed by atoms with E-state index in [4.69, 9.17) is 10.8 Å². The molecule has 1 aromatic carbocycles. The van der Waals surface area contributed by atoms with Gasteiger partial charge in [-0.15, -0.1) is 11.8 Å². The minimum Gasteiger partial charge on any atom is -0.480 e. The van der Waals surface area contributed by atoms with Crippen LogP contribution in [-0.2, 0) is 9.59 Å². The van der Waals surface area contributed by atoms with Crippen LogP contribution in [0.15, 0.2) is 24.3 Å². The molecular weight excluding hydrogens is 276 g/mol. The maximum atomic E-state index is 11.7. The molecule has 1 amide bonds. The highest BCUT2D eigenvalue weighted by molar-refractivity contribution is 8.00. The molecule has 20 heavy (non-hydrogen) atoms. The molecular formula is C14H20N2O3S. The van der Waals surface area contributed by atoms with Crippen LogP contribution in [0.25, 0.3) is 0 Å². The van der Waals surface area contributed by atoms with E-state index in [9.17, 15) is 9.59 Å². The van der Waals surface area contributed by atoms with E-state index in [1.165, 1.54) is 11.8 Å². The van der Waals surface area contributed by atoms with Crippen molar-refractivity contribution in [1.29, 1.82) is 0 Å². The van der Waals surface area contributed by atoms with Crippen LogP contribution in [-0.4, -0.2) is 34.5 Å². The predicted molar refractivity (Wildman–Crippen MR) is 82.1 cm³/mol. The highest BCUT2D eigenvalue weighted by atomic mass is 32.2. The molecule has 6 heteroatoms. The van der Waals surface area contributed by atoms with E-state index in [1.807, 2.05) is 24.3 Å². The number of nitrogens with two attached hydrogens (primary N) is 1. The fraction of sp³-hybridized carbons (Fsp3) is 0.429. The summed E-state index contributed by atoms with van der Waals surface area (Å²) in [5.41, 5.74) is 7.27. The van der Waals surface area contributed by atoms with E-state index in [-0.39, 0.29) is 17.4 Å². The summed E-state index contributed by atoms with van der Waals surface area (Å²) in [5.74, 6) is -0.410. The lowest BCUT2D eigenvalue weighted by molar-refractivity contribution is -0.137. The van der Waals surface area contributed by atoms with E-state index in [1.54, 1.807) is 0 Å². The topological polar surface area (TPSA) is 92.4 Å². The SMILES string of the molecule is CC(C)c1cccc(NC(=O)CSC[C@@H](N)C(=O)O)c1.